The fourth-order valence-corrected chi connectivity index (χ4v) is 5.25. The largest absolute Gasteiger partial charge is 0.118 e. The summed E-state index contributed by atoms with van der Waals surface area (Å²) in [5.41, 5.74) is 0. The molecule has 0 spiro atoms. The Morgan fingerprint density at radius 2 is 1.40 bits per heavy atom. The van der Waals surface area contributed by atoms with E-state index in [1.54, 1.807) is 37.2 Å². The number of hydrogen-bond donors (Lipinski definition) is 0. The average molecular weight is 157 g/mol. The van der Waals surface area contributed by atoms with Crippen molar-refractivity contribution >= 4 is 10.9 Å². The van der Waals surface area contributed by atoms with Crippen LogP contribution < -0.4 is 0 Å². The highest BCUT2D eigenvalue weighted by Crippen LogP contribution is 2.30. The summed E-state index contributed by atoms with van der Waals surface area (Å²) in [6, 6.07) is 0. The lowest BCUT2D eigenvalue weighted by atomic mass is 10.1. The fourth-order valence-electron chi connectivity index (χ4n) is 2.23. The molecule has 0 radical (unpaired) electrons. The maximum absolute atomic E-state index is 1.59. The Bertz CT molecular complexity index is 85.3. The first-order valence-corrected chi connectivity index (χ1v) is 6.26. The molecular formula is C9H17S+. The highest BCUT2D eigenvalue weighted by molar-refractivity contribution is 7.97. The summed E-state index contributed by atoms with van der Waals surface area (Å²) in [7, 11) is 0.897. The molecule has 2 saturated heterocycles. The van der Waals surface area contributed by atoms with Crippen molar-refractivity contribution in [1.29, 1.82) is 0 Å². The van der Waals surface area contributed by atoms with Crippen molar-refractivity contribution in [1.82, 2.24) is 0 Å². The zero-order chi connectivity index (χ0) is 6.81. The highest BCUT2D eigenvalue weighted by Gasteiger charge is 2.35. The molecule has 2 aliphatic rings. The minimum Gasteiger partial charge on any atom is -0.0441 e. The third-order valence-electron chi connectivity index (χ3n) is 2.84. The molecule has 0 aromatic carbocycles. The molecule has 0 aliphatic carbocycles. The minimum atomic E-state index is 0.897. The summed E-state index contributed by atoms with van der Waals surface area (Å²) in [4.78, 5) is 0. The Morgan fingerprint density at radius 1 is 0.800 bits per heavy atom. The Balaban J connectivity index is 1.93. The van der Waals surface area contributed by atoms with E-state index in [2.05, 4.69) is 0 Å². The van der Waals surface area contributed by atoms with Crippen LogP contribution in [0.25, 0.3) is 0 Å². The van der Waals surface area contributed by atoms with Crippen LogP contribution in [0.2, 0.25) is 0 Å². The monoisotopic (exact) mass is 157 g/mol. The minimum absolute atomic E-state index is 0.897. The zero-order valence-corrected chi connectivity index (χ0v) is 7.46. The van der Waals surface area contributed by atoms with E-state index in [1.165, 1.54) is 18.1 Å². The van der Waals surface area contributed by atoms with Gasteiger partial charge in [-0.3, -0.25) is 0 Å². The van der Waals surface area contributed by atoms with Gasteiger partial charge in [0.15, 0.2) is 0 Å². The second-order valence-electron chi connectivity index (χ2n) is 3.56. The highest BCUT2D eigenvalue weighted by atomic mass is 32.2. The van der Waals surface area contributed by atoms with Gasteiger partial charge >= 0.3 is 0 Å². The van der Waals surface area contributed by atoms with E-state index in [9.17, 15) is 0 Å². The van der Waals surface area contributed by atoms with Crippen LogP contribution in [0.5, 0.6) is 0 Å². The van der Waals surface area contributed by atoms with Gasteiger partial charge in [-0.2, -0.15) is 0 Å². The number of fused-ring (bicyclic) bond motifs is 1. The SMILES string of the molecule is C1CC[S+]2CCCCC2C1. The van der Waals surface area contributed by atoms with Gasteiger partial charge in [0, 0.05) is 0 Å². The van der Waals surface area contributed by atoms with Gasteiger partial charge in [0.1, 0.15) is 16.8 Å². The van der Waals surface area contributed by atoms with E-state index in [1.807, 2.05) is 0 Å². The first kappa shape index (κ1) is 7.02. The predicted octanol–water partition coefficient (Wildman–Crippen LogP) is 2.34. The molecule has 0 aromatic rings. The molecule has 2 heterocycles. The van der Waals surface area contributed by atoms with Crippen molar-refractivity contribution in [3.8, 4) is 0 Å². The van der Waals surface area contributed by atoms with Crippen molar-refractivity contribution in [2.24, 2.45) is 0 Å². The van der Waals surface area contributed by atoms with Gasteiger partial charge in [0.2, 0.25) is 0 Å². The van der Waals surface area contributed by atoms with E-state index in [0.717, 1.165) is 10.9 Å². The second-order valence-corrected chi connectivity index (χ2v) is 6.12. The molecule has 10 heavy (non-hydrogen) atoms. The van der Waals surface area contributed by atoms with Crippen LogP contribution >= 0.6 is 0 Å². The van der Waals surface area contributed by atoms with Gasteiger partial charge in [-0.15, -0.1) is 0 Å². The third-order valence-corrected chi connectivity index (χ3v) is 5.88. The Kier molecular flexibility index (Phi) is 2.22. The van der Waals surface area contributed by atoms with Crippen molar-refractivity contribution in [2.75, 3.05) is 11.5 Å². The Labute approximate surface area is 66.7 Å². The molecule has 0 saturated carbocycles. The molecule has 1 heteroatoms. The van der Waals surface area contributed by atoms with Crippen LogP contribution in [-0.4, -0.2) is 16.8 Å². The quantitative estimate of drug-likeness (QED) is 0.473. The molecular weight excluding hydrogens is 140 g/mol. The topological polar surface area (TPSA) is 0 Å². The molecule has 2 fully saturated rings. The van der Waals surface area contributed by atoms with E-state index in [-0.39, 0.29) is 0 Å². The summed E-state index contributed by atoms with van der Waals surface area (Å²) in [6.45, 7) is 0. The second kappa shape index (κ2) is 3.17. The Hall–Kier alpha value is 0.350. The van der Waals surface area contributed by atoms with Crippen molar-refractivity contribution in [3.63, 3.8) is 0 Å². The lowest BCUT2D eigenvalue weighted by Crippen LogP contribution is -2.34. The van der Waals surface area contributed by atoms with Gasteiger partial charge in [-0.05, 0) is 49.4 Å². The number of hydrogen-bond acceptors (Lipinski definition) is 0. The first-order chi connectivity index (χ1) is 4.97. The number of rotatable bonds is 0. The van der Waals surface area contributed by atoms with Crippen LogP contribution in [0.4, 0.5) is 0 Å². The van der Waals surface area contributed by atoms with Crippen molar-refractivity contribution in [2.45, 2.75) is 43.8 Å². The van der Waals surface area contributed by atoms with Crippen LogP contribution in [0, 0.1) is 0 Å². The van der Waals surface area contributed by atoms with Gasteiger partial charge in [0.25, 0.3) is 0 Å². The Morgan fingerprint density at radius 3 is 1.90 bits per heavy atom. The van der Waals surface area contributed by atoms with Crippen molar-refractivity contribution in [3.05, 3.63) is 0 Å². The average Bonchev–Trinajstić information content (AvgIpc) is 2.05. The molecule has 0 aromatic heterocycles. The molecule has 0 nitrogen and oxygen atoms in total. The lowest BCUT2D eigenvalue weighted by molar-refractivity contribution is 0.574. The lowest BCUT2D eigenvalue weighted by Gasteiger charge is -2.27. The van der Waals surface area contributed by atoms with E-state index < -0.39 is 0 Å². The van der Waals surface area contributed by atoms with E-state index >= 15 is 0 Å². The van der Waals surface area contributed by atoms with Gasteiger partial charge < -0.3 is 0 Å². The molecule has 0 amide bonds. The smallest absolute Gasteiger partial charge is 0.0441 e. The molecule has 0 atom stereocenters. The summed E-state index contributed by atoms with van der Waals surface area (Å²) >= 11 is 0. The van der Waals surface area contributed by atoms with Gasteiger partial charge in [-0.1, -0.05) is 0 Å². The fraction of sp³-hybridized carbons (Fsp3) is 1.00. The van der Waals surface area contributed by atoms with Gasteiger partial charge in [-0.25, -0.2) is 0 Å². The van der Waals surface area contributed by atoms with Crippen LogP contribution in [-0.2, 0) is 10.9 Å². The summed E-state index contributed by atoms with van der Waals surface area (Å²) in [5.74, 6) is 3.18. The van der Waals surface area contributed by atoms with Crippen LogP contribution in [0.3, 0.4) is 0 Å². The van der Waals surface area contributed by atoms with E-state index in [0.29, 0.717) is 0 Å². The predicted molar refractivity (Wildman–Crippen MR) is 48.6 cm³/mol. The maximum Gasteiger partial charge on any atom is 0.118 e. The third kappa shape index (κ3) is 1.34. The van der Waals surface area contributed by atoms with E-state index in [4.69, 9.17) is 0 Å². The molecule has 0 bridgehead atoms. The van der Waals surface area contributed by atoms with Crippen molar-refractivity contribution < 1.29 is 0 Å². The molecule has 2 aliphatic heterocycles. The molecule has 0 N–H and O–H groups in total. The molecule has 2 rings (SSSR count). The molecule has 58 valence electrons. The molecule has 0 unspecified atom stereocenters. The standard InChI is InChI=1S/C9H17S/c1-3-7-10-8-4-2-6-9(10)5-1/h9H,1-8H2/q+1. The van der Waals surface area contributed by atoms with Gasteiger partial charge in [0.05, 0.1) is 0 Å². The van der Waals surface area contributed by atoms with Crippen LogP contribution in [0.15, 0.2) is 0 Å². The van der Waals surface area contributed by atoms with Crippen LogP contribution in [0.1, 0.15) is 38.5 Å². The summed E-state index contributed by atoms with van der Waals surface area (Å²) < 4.78 is 0. The normalized spacial score (nSPS) is 40.8. The summed E-state index contributed by atoms with van der Waals surface area (Å²) in [6.07, 6.45) is 9.30. The zero-order valence-electron chi connectivity index (χ0n) is 6.64. The maximum atomic E-state index is 1.59. The summed E-state index contributed by atoms with van der Waals surface area (Å²) in [5, 5.41) is 1.18. The first-order valence-electron chi connectivity index (χ1n) is 4.63.